The van der Waals surface area contributed by atoms with Crippen LogP contribution in [0.2, 0.25) is 0 Å². The quantitative estimate of drug-likeness (QED) is 0.252. The Morgan fingerprint density at radius 1 is 1.08 bits per heavy atom. The van der Waals surface area contributed by atoms with E-state index in [-0.39, 0.29) is 31.0 Å². The number of aliphatic hydroxyl groups excluding tert-OH is 6. The molecule has 0 aromatic heterocycles. The van der Waals surface area contributed by atoms with E-state index in [4.69, 9.17) is 9.47 Å². The van der Waals surface area contributed by atoms with Crippen LogP contribution in [0.3, 0.4) is 0 Å². The second kappa shape index (κ2) is 11.9. The summed E-state index contributed by atoms with van der Waals surface area (Å²) in [5, 5.41) is 72.0. The van der Waals surface area contributed by atoms with Crippen LogP contribution in [0.1, 0.15) is 59.8 Å². The van der Waals surface area contributed by atoms with E-state index in [1.54, 1.807) is 6.08 Å². The number of rotatable bonds is 6. The van der Waals surface area contributed by atoms with Crippen LogP contribution in [-0.2, 0) is 9.47 Å². The van der Waals surface area contributed by atoms with Crippen LogP contribution in [0, 0.1) is 23.2 Å². The first kappa shape index (κ1) is 29.7. The number of fused-ring (bicyclic) bond motifs is 1. The summed E-state index contributed by atoms with van der Waals surface area (Å²) in [6.45, 7) is 7.18. The van der Waals surface area contributed by atoms with E-state index in [2.05, 4.69) is 13.0 Å². The van der Waals surface area contributed by atoms with E-state index in [1.165, 1.54) is 0 Å². The summed E-state index contributed by atoms with van der Waals surface area (Å²) in [5.41, 5.74) is 0.465. The van der Waals surface area contributed by atoms with E-state index in [9.17, 15) is 35.7 Å². The third kappa shape index (κ3) is 6.22. The van der Waals surface area contributed by atoms with Crippen LogP contribution in [-0.4, -0.2) is 98.0 Å². The summed E-state index contributed by atoms with van der Waals surface area (Å²) in [6.07, 6.45) is -0.0795. The first-order valence-corrected chi connectivity index (χ1v) is 13.1. The van der Waals surface area contributed by atoms with Gasteiger partial charge in [-0.15, -0.1) is 0 Å². The van der Waals surface area contributed by atoms with Crippen LogP contribution >= 0.6 is 0 Å². The molecule has 208 valence electrons. The van der Waals surface area contributed by atoms with Crippen molar-refractivity contribution < 1.29 is 45.2 Å². The number of hydrogen-bond acceptors (Lipinski definition) is 9. The van der Waals surface area contributed by atoms with E-state index < -0.39 is 54.4 Å². The lowest BCUT2D eigenvalue weighted by Crippen LogP contribution is -2.59. The minimum Gasteiger partial charge on any atom is -0.394 e. The largest absolute Gasteiger partial charge is 0.394 e. The third-order valence-corrected chi connectivity index (χ3v) is 8.97. The van der Waals surface area contributed by atoms with Gasteiger partial charge in [-0.3, -0.25) is 0 Å². The summed E-state index contributed by atoms with van der Waals surface area (Å²) in [5.74, 6) is -0.0590. The molecular weight excluding hydrogens is 468 g/mol. The minimum absolute atomic E-state index is 0.0109. The predicted octanol–water partition coefficient (Wildman–Crippen LogP) is 0.632. The van der Waals surface area contributed by atoms with Gasteiger partial charge < -0.3 is 45.2 Å². The molecule has 1 saturated carbocycles. The van der Waals surface area contributed by atoms with Gasteiger partial charge in [0.1, 0.15) is 24.4 Å². The number of hydrogen-bond donors (Lipinski definition) is 7. The molecule has 0 aromatic carbocycles. The Morgan fingerprint density at radius 2 is 1.78 bits per heavy atom. The molecule has 2 aliphatic carbocycles. The monoisotopic (exact) mass is 514 g/mol. The second-order valence-electron chi connectivity index (χ2n) is 11.8. The maximum Gasteiger partial charge on any atom is 0.186 e. The van der Waals surface area contributed by atoms with Crippen molar-refractivity contribution in [2.45, 2.75) is 102 Å². The molecule has 1 heterocycles. The van der Waals surface area contributed by atoms with Crippen molar-refractivity contribution in [1.82, 2.24) is 0 Å². The highest BCUT2D eigenvalue weighted by molar-refractivity contribution is 5.17. The zero-order valence-electron chi connectivity index (χ0n) is 22.0. The summed E-state index contributed by atoms with van der Waals surface area (Å²) in [6, 6.07) is 0. The van der Waals surface area contributed by atoms with Gasteiger partial charge in [0.15, 0.2) is 6.29 Å². The second-order valence-corrected chi connectivity index (χ2v) is 11.8. The van der Waals surface area contributed by atoms with Gasteiger partial charge in [-0.1, -0.05) is 24.6 Å². The molecule has 10 unspecified atom stereocenters. The zero-order valence-corrected chi connectivity index (χ0v) is 22.0. The minimum atomic E-state index is -1.51. The molecular formula is C27H46O9. The standard InChI is InChI=1S/C27H46O9/c1-15-5-8-19-18(26(2,3)34)9-10-27(19,4)21(30)11-16(12-28)6-7-17(15)14-35-25-24(33)23(32)22(31)20(13-29)36-25/h5,11,17-25,28-34H,6-10,12-14H2,1-4H3. The highest BCUT2D eigenvalue weighted by atomic mass is 16.7. The van der Waals surface area contributed by atoms with Gasteiger partial charge in [0, 0.05) is 11.3 Å². The van der Waals surface area contributed by atoms with Crippen molar-refractivity contribution >= 4 is 0 Å². The molecule has 0 radical (unpaired) electrons. The first-order chi connectivity index (χ1) is 16.8. The van der Waals surface area contributed by atoms with E-state index in [0.717, 1.165) is 24.0 Å². The summed E-state index contributed by atoms with van der Waals surface area (Å²) < 4.78 is 11.4. The first-order valence-electron chi connectivity index (χ1n) is 13.1. The molecule has 3 rings (SSSR count). The fraction of sp³-hybridized carbons (Fsp3) is 0.852. The van der Waals surface area contributed by atoms with Crippen LogP contribution in [0.15, 0.2) is 23.3 Å². The average molecular weight is 515 g/mol. The smallest absolute Gasteiger partial charge is 0.186 e. The Hall–Kier alpha value is -0.880. The molecule has 10 atom stereocenters. The molecule has 1 saturated heterocycles. The molecule has 0 aromatic rings. The Balaban J connectivity index is 1.83. The zero-order chi connectivity index (χ0) is 26.8. The normalized spacial score (nSPS) is 42.8. The lowest BCUT2D eigenvalue weighted by Gasteiger charge is -2.40. The van der Waals surface area contributed by atoms with Gasteiger partial charge >= 0.3 is 0 Å². The van der Waals surface area contributed by atoms with Gasteiger partial charge in [-0.2, -0.15) is 0 Å². The molecule has 3 aliphatic rings. The molecule has 36 heavy (non-hydrogen) atoms. The lowest BCUT2D eigenvalue weighted by molar-refractivity contribution is -0.302. The maximum absolute atomic E-state index is 11.2. The van der Waals surface area contributed by atoms with Crippen molar-refractivity contribution in [3.63, 3.8) is 0 Å². The van der Waals surface area contributed by atoms with Crippen molar-refractivity contribution in [3.05, 3.63) is 23.3 Å². The molecule has 0 amide bonds. The predicted molar refractivity (Wildman–Crippen MR) is 133 cm³/mol. The highest BCUT2D eigenvalue weighted by Gasteiger charge is 2.52. The van der Waals surface area contributed by atoms with E-state index >= 15 is 0 Å². The maximum atomic E-state index is 11.2. The van der Waals surface area contributed by atoms with Gasteiger partial charge in [0.05, 0.1) is 31.5 Å². The Morgan fingerprint density at radius 3 is 2.39 bits per heavy atom. The third-order valence-electron chi connectivity index (χ3n) is 8.97. The van der Waals surface area contributed by atoms with Gasteiger partial charge in [0.25, 0.3) is 0 Å². The van der Waals surface area contributed by atoms with Gasteiger partial charge in [-0.25, -0.2) is 0 Å². The van der Waals surface area contributed by atoms with Crippen LogP contribution in [0.4, 0.5) is 0 Å². The molecule has 0 bridgehead atoms. The van der Waals surface area contributed by atoms with Crippen LogP contribution < -0.4 is 0 Å². The van der Waals surface area contributed by atoms with Crippen LogP contribution in [0.5, 0.6) is 0 Å². The lowest BCUT2D eigenvalue weighted by atomic mass is 9.68. The van der Waals surface area contributed by atoms with Crippen LogP contribution in [0.25, 0.3) is 0 Å². The average Bonchev–Trinajstić information content (AvgIpc) is 3.18. The number of ether oxygens (including phenoxy) is 2. The SMILES string of the molecule is CC1=CCC2C(C(C)(C)O)CCC2(C)C(O)C=C(CO)CCC1COC1OC(CO)C(O)C(O)C1O. The van der Waals surface area contributed by atoms with E-state index in [0.29, 0.717) is 19.3 Å². The Kier molecular flexibility index (Phi) is 9.80. The molecule has 1 aliphatic heterocycles. The fourth-order valence-corrected chi connectivity index (χ4v) is 6.29. The summed E-state index contributed by atoms with van der Waals surface area (Å²) >= 11 is 0. The van der Waals surface area contributed by atoms with Crippen molar-refractivity contribution in [2.75, 3.05) is 19.8 Å². The van der Waals surface area contributed by atoms with Gasteiger partial charge in [0.2, 0.25) is 0 Å². The Bertz CT molecular complexity index is 789. The Labute approximate surface area is 214 Å². The van der Waals surface area contributed by atoms with E-state index in [1.807, 2.05) is 20.8 Å². The molecule has 9 heteroatoms. The fourth-order valence-electron chi connectivity index (χ4n) is 6.29. The van der Waals surface area contributed by atoms with Crippen molar-refractivity contribution in [3.8, 4) is 0 Å². The van der Waals surface area contributed by atoms with Crippen molar-refractivity contribution in [1.29, 1.82) is 0 Å². The summed E-state index contributed by atoms with van der Waals surface area (Å²) in [7, 11) is 0. The molecule has 9 nitrogen and oxygen atoms in total. The number of allylic oxidation sites excluding steroid dienone is 1. The summed E-state index contributed by atoms with van der Waals surface area (Å²) in [4.78, 5) is 0. The topological polar surface area (TPSA) is 160 Å². The molecule has 2 fully saturated rings. The van der Waals surface area contributed by atoms with Crippen molar-refractivity contribution in [2.24, 2.45) is 23.2 Å². The molecule has 7 N–H and O–H groups in total. The number of aliphatic hydroxyl groups is 7. The van der Waals surface area contributed by atoms with Gasteiger partial charge in [-0.05, 0) is 70.3 Å². The molecule has 0 spiro atoms. The highest BCUT2D eigenvalue weighted by Crippen LogP contribution is 2.54.